The third kappa shape index (κ3) is 3.97. The second-order valence-electron chi connectivity index (χ2n) is 4.60. The summed E-state index contributed by atoms with van der Waals surface area (Å²) in [5, 5.41) is 12.9. The van der Waals surface area contributed by atoms with Crippen molar-refractivity contribution in [3.8, 4) is 6.07 Å². The lowest BCUT2D eigenvalue weighted by molar-refractivity contribution is 0.461. The Morgan fingerprint density at radius 2 is 2.21 bits per heavy atom. The highest BCUT2D eigenvalue weighted by molar-refractivity contribution is 7.98. The highest BCUT2D eigenvalue weighted by atomic mass is 32.2. The highest BCUT2D eigenvalue weighted by Gasteiger charge is 2.15. The first kappa shape index (κ1) is 13.9. The number of nitrogens with one attached hydrogen (secondary N) is 1. The fourth-order valence-electron chi connectivity index (χ4n) is 2.28. The fourth-order valence-corrected chi connectivity index (χ4v) is 2.62. The standard InChI is InChI=1S/C14H18N4S/c1-19-14-16-10-11(6-5-9-15)13(18-14)17-12-7-3-2-4-8-12/h5-6,10,12H,2-4,7-8H2,1H3,(H,16,17,18)/b6-5+. The van der Waals surface area contributed by atoms with Crippen LogP contribution in [0.2, 0.25) is 0 Å². The second-order valence-corrected chi connectivity index (χ2v) is 5.38. The molecule has 0 saturated heterocycles. The molecule has 1 aliphatic carbocycles. The molecule has 5 heteroatoms. The van der Waals surface area contributed by atoms with E-state index in [1.165, 1.54) is 49.9 Å². The monoisotopic (exact) mass is 274 g/mol. The van der Waals surface area contributed by atoms with Crippen molar-refractivity contribution in [1.82, 2.24) is 9.97 Å². The number of allylic oxidation sites excluding steroid dienone is 1. The molecule has 0 spiro atoms. The molecule has 0 aliphatic heterocycles. The van der Waals surface area contributed by atoms with Gasteiger partial charge < -0.3 is 5.32 Å². The van der Waals surface area contributed by atoms with Crippen LogP contribution in [0.1, 0.15) is 37.7 Å². The van der Waals surface area contributed by atoms with Crippen molar-refractivity contribution in [3.05, 3.63) is 17.8 Å². The smallest absolute Gasteiger partial charge is 0.189 e. The summed E-state index contributed by atoms with van der Waals surface area (Å²) in [6.45, 7) is 0. The minimum absolute atomic E-state index is 0.493. The van der Waals surface area contributed by atoms with Gasteiger partial charge in [0.2, 0.25) is 0 Å². The van der Waals surface area contributed by atoms with E-state index in [-0.39, 0.29) is 0 Å². The van der Waals surface area contributed by atoms with Crippen LogP contribution in [0, 0.1) is 11.3 Å². The first-order valence-electron chi connectivity index (χ1n) is 6.57. The van der Waals surface area contributed by atoms with Gasteiger partial charge in [0.1, 0.15) is 5.82 Å². The van der Waals surface area contributed by atoms with E-state index in [1.807, 2.05) is 12.3 Å². The summed E-state index contributed by atoms with van der Waals surface area (Å²) in [4.78, 5) is 8.77. The van der Waals surface area contributed by atoms with Crippen molar-refractivity contribution in [2.75, 3.05) is 11.6 Å². The van der Waals surface area contributed by atoms with Crippen molar-refractivity contribution < 1.29 is 0 Å². The quantitative estimate of drug-likeness (QED) is 0.517. The molecule has 0 radical (unpaired) electrons. The van der Waals surface area contributed by atoms with E-state index in [4.69, 9.17) is 5.26 Å². The molecule has 1 saturated carbocycles. The molecule has 0 aromatic carbocycles. The normalized spacial score (nSPS) is 16.4. The first-order valence-corrected chi connectivity index (χ1v) is 7.79. The van der Waals surface area contributed by atoms with Gasteiger partial charge in [-0.15, -0.1) is 0 Å². The van der Waals surface area contributed by atoms with Gasteiger partial charge in [0.05, 0.1) is 6.07 Å². The van der Waals surface area contributed by atoms with Gasteiger partial charge in [-0.05, 0) is 25.2 Å². The van der Waals surface area contributed by atoms with Crippen LogP contribution in [-0.4, -0.2) is 22.3 Å². The Morgan fingerprint density at radius 1 is 1.42 bits per heavy atom. The molecule has 1 aromatic rings. The molecule has 0 unspecified atom stereocenters. The topological polar surface area (TPSA) is 61.6 Å². The summed E-state index contributed by atoms with van der Waals surface area (Å²) in [6, 6.07) is 2.50. The molecule has 1 aromatic heterocycles. The minimum atomic E-state index is 0.493. The van der Waals surface area contributed by atoms with Gasteiger partial charge >= 0.3 is 0 Å². The zero-order valence-electron chi connectivity index (χ0n) is 11.1. The molecule has 2 rings (SSSR count). The summed E-state index contributed by atoms with van der Waals surface area (Å²) in [6.07, 6.45) is 13.2. The van der Waals surface area contributed by atoms with Gasteiger partial charge in [-0.3, -0.25) is 0 Å². The van der Waals surface area contributed by atoms with E-state index in [0.717, 1.165) is 16.5 Å². The lowest BCUT2D eigenvalue weighted by Gasteiger charge is -2.24. The summed E-state index contributed by atoms with van der Waals surface area (Å²) >= 11 is 1.53. The molecular weight excluding hydrogens is 256 g/mol. The average molecular weight is 274 g/mol. The van der Waals surface area contributed by atoms with Gasteiger partial charge in [-0.2, -0.15) is 5.26 Å². The van der Waals surface area contributed by atoms with Crippen molar-refractivity contribution in [2.24, 2.45) is 0 Å². The Balaban J connectivity index is 2.19. The fraction of sp³-hybridized carbons (Fsp3) is 0.500. The maximum atomic E-state index is 8.64. The molecule has 1 heterocycles. The zero-order valence-corrected chi connectivity index (χ0v) is 11.9. The summed E-state index contributed by atoms with van der Waals surface area (Å²) in [7, 11) is 0. The SMILES string of the molecule is CSc1ncc(/C=C/C#N)c(NC2CCCCC2)n1. The van der Waals surface area contributed by atoms with Crippen LogP contribution in [0.25, 0.3) is 6.08 Å². The predicted octanol–water partition coefficient (Wildman–Crippen LogP) is 3.48. The van der Waals surface area contributed by atoms with Crippen LogP contribution >= 0.6 is 11.8 Å². The number of hydrogen-bond acceptors (Lipinski definition) is 5. The predicted molar refractivity (Wildman–Crippen MR) is 79.0 cm³/mol. The van der Waals surface area contributed by atoms with E-state index in [9.17, 15) is 0 Å². The summed E-state index contributed by atoms with van der Waals surface area (Å²) in [5.74, 6) is 0.845. The number of nitriles is 1. The molecule has 1 aliphatic rings. The third-order valence-corrected chi connectivity index (χ3v) is 3.82. The molecular formula is C14H18N4S. The number of nitrogens with zero attached hydrogens (tertiary/aromatic N) is 3. The Labute approximate surface area is 118 Å². The van der Waals surface area contributed by atoms with E-state index < -0.39 is 0 Å². The second kappa shape index (κ2) is 7.15. The molecule has 19 heavy (non-hydrogen) atoms. The third-order valence-electron chi connectivity index (χ3n) is 3.26. The maximum Gasteiger partial charge on any atom is 0.189 e. The molecule has 0 bridgehead atoms. The molecule has 0 atom stereocenters. The molecule has 4 nitrogen and oxygen atoms in total. The van der Waals surface area contributed by atoms with E-state index in [1.54, 1.807) is 12.3 Å². The lowest BCUT2D eigenvalue weighted by Crippen LogP contribution is -2.23. The van der Waals surface area contributed by atoms with Crippen LogP contribution in [0.15, 0.2) is 17.4 Å². The number of thioether (sulfide) groups is 1. The first-order chi connectivity index (χ1) is 9.33. The molecule has 100 valence electrons. The van der Waals surface area contributed by atoms with Crippen LogP contribution in [0.3, 0.4) is 0 Å². The number of anilines is 1. The Hall–Kier alpha value is -1.54. The van der Waals surface area contributed by atoms with E-state index in [0.29, 0.717) is 6.04 Å². The van der Waals surface area contributed by atoms with Gasteiger partial charge in [0.15, 0.2) is 5.16 Å². The van der Waals surface area contributed by atoms with E-state index >= 15 is 0 Å². The molecule has 1 N–H and O–H groups in total. The maximum absolute atomic E-state index is 8.64. The Bertz CT molecular complexity index is 487. The largest absolute Gasteiger partial charge is 0.367 e. The van der Waals surface area contributed by atoms with Crippen molar-refractivity contribution in [3.63, 3.8) is 0 Å². The minimum Gasteiger partial charge on any atom is -0.367 e. The lowest BCUT2D eigenvalue weighted by atomic mass is 9.95. The van der Waals surface area contributed by atoms with Gasteiger partial charge in [-0.25, -0.2) is 9.97 Å². The van der Waals surface area contributed by atoms with Crippen LogP contribution < -0.4 is 5.32 Å². The number of aromatic nitrogens is 2. The van der Waals surface area contributed by atoms with Gasteiger partial charge in [0, 0.05) is 23.9 Å². The van der Waals surface area contributed by atoms with Crippen molar-refractivity contribution >= 4 is 23.7 Å². The molecule has 1 fully saturated rings. The highest BCUT2D eigenvalue weighted by Crippen LogP contribution is 2.24. The number of hydrogen-bond donors (Lipinski definition) is 1. The van der Waals surface area contributed by atoms with Crippen LogP contribution in [0.5, 0.6) is 0 Å². The van der Waals surface area contributed by atoms with Crippen molar-refractivity contribution in [2.45, 2.75) is 43.3 Å². The summed E-state index contributed by atoms with van der Waals surface area (Å²) < 4.78 is 0. The van der Waals surface area contributed by atoms with E-state index in [2.05, 4.69) is 15.3 Å². The van der Waals surface area contributed by atoms with Gasteiger partial charge in [-0.1, -0.05) is 31.0 Å². The van der Waals surface area contributed by atoms with Crippen molar-refractivity contribution in [1.29, 1.82) is 5.26 Å². The zero-order chi connectivity index (χ0) is 13.5. The number of rotatable bonds is 4. The van der Waals surface area contributed by atoms with Crippen LogP contribution in [-0.2, 0) is 0 Å². The summed E-state index contributed by atoms with van der Waals surface area (Å²) in [5.41, 5.74) is 0.880. The Morgan fingerprint density at radius 3 is 2.89 bits per heavy atom. The van der Waals surface area contributed by atoms with Gasteiger partial charge in [0.25, 0.3) is 0 Å². The van der Waals surface area contributed by atoms with Crippen LogP contribution in [0.4, 0.5) is 5.82 Å². The molecule has 0 amide bonds. The Kier molecular flexibility index (Phi) is 5.22. The average Bonchev–Trinajstić information content (AvgIpc) is 2.47.